The molecule has 2 aromatic carbocycles. The van der Waals surface area contributed by atoms with E-state index < -0.39 is 0 Å². The number of nitrogens with zero attached hydrogens (tertiary/aromatic N) is 6. The molecule has 0 radical (unpaired) electrons. The SMILES string of the molecule is CN(c1nc(-c2ccccc2)c2ccccc2n1)C1CCCN(c2cccnn2)C1. The fourth-order valence-corrected chi connectivity index (χ4v) is 4.14. The van der Waals surface area contributed by atoms with Gasteiger partial charge in [0.15, 0.2) is 5.82 Å². The molecule has 0 aliphatic carbocycles. The average Bonchev–Trinajstić information content (AvgIpc) is 2.84. The lowest BCUT2D eigenvalue weighted by Gasteiger charge is -2.38. The van der Waals surface area contributed by atoms with Gasteiger partial charge in [-0.25, -0.2) is 9.97 Å². The average molecular weight is 396 g/mol. The molecule has 150 valence electrons. The summed E-state index contributed by atoms with van der Waals surface area (Å²) in [5, 5.41) is 9.40. The minimum absolute atomic E-state index is 0.311. The zero-order valence-electron chi connectivity index (χ0n) is 17.0. The molecule has 30 heavy (non-hydrogen) atoms. The van der Waals surface area contributed by atoms with Gasteiger partial charge in [-0.1, -0.05) is 48.5 Å². The molecule has 2 aromatic heterocycles. The predicted octanol–water partition coefficient (Wildman–Crippen LogP) is 4.19. The van der Waals surface area contributed by atoms with E-state index in [0.29, 0.717) is 6.04 Å². The van der Waals surface area contributed by atoms with Gasteiger partial charge >= 0.3 is 0 Å². The molecule has 0 saturated carbocycles. The number of anilines is 2. The highest BCUT2D eigenvalue weighted by Crippen LogP contribution is 2.29. The molecule has 0 spiro atoms. The monoisotopic (exact) mass is 396 g/mol. The first-order chi connectivity index (χ1) is 14.8. The number of likely N-dealkylation sites (N-methyl/N-ethyl adjacent to an activating group) is 1. The molecule has 1 atom stereocenters. The van der Waals surface area contributed by atoms with Gasteiger partial charge in [0.1, 0.15) is 0 Å². The number of rotatable bonds is 4. The van der Waals surface area contributed by atoms with Gasteiger partial charge in [-0.2, -0.15) is 5.10 Å². The normalized spacial score (nSPS) is 16.6. The summed E-state index contributed by atoms with van der Waals surface area (Å²) in [6.07, 6.45) is 3.92. The Bertz CT molecular complexity index is 1130. The Morgan fingerprint density at radius 2 is 1.77 bits per heavy atom. The summed E-state index contributed by atoms with van der Waals surface area (Å²) in [5.41, 5.74) is 3.05. The lowest BCUT2D eigenvalue weighted by atomic mass is 10.0. The van der Waals surface area contributed by atoms with Crippen molar-refractivity contribution in [2.24, 2.45) is 0 Å². The van der Waals surface area contributed by atoms with Crippen LogP contribution in [0, 0.1) is 0 Å². The van der Waals surface area contributed by atoms with Crippen molar-refractivity contribution in [3.05, 3.63) is 72.9 Å². The summed E-state index contributed by atoms with van der Waals surface area (Å²) in [6, 6.07) is 22.9. The lowest BCUT2D eigenvalue weighted by Crippen LogP contribution is -2.47. The van der Waals surface area contributed by atoms with Gasteiger partial charge in [-0.3, -0.25) is 0 Å². The van der Waals surface area contributed by atoms with Crippen LogP contribution in [0.15, 0.2) is 72.9 Å². The van der Waals surface area contributed by atoms with Gasteiger partial charge in [0.05, 0.1) is 11.2 Å². The van der Waals surface area contributed by atoms with E-state index >= 15 is 0 Å². The molecule has 6 nitrogen and oxygen atoms in total. The van der Waals surface area contributed by atoms with Crippen molar-refractivity contribution >= 4 is 22.7 Å². The summed E-state index contributed by atoms with van der Waals surface area (Å²) in [4.78, 5) is 14.4. The number of hydrogen-bond acceptors (Lipinski definition) is 6. The third kappa shape index (κ3) is 3.56. The zero-order chi connectivity index (χ0) is 20.3. The highest BCUT2D eigenvalue weighted by Gasteiger charge is 2.26. The lowest BCUT2D eigenvalue weighted by molar-refractivity contribution is 0.480. The number of piperidine rings is 1. The summed E-state index contributed by atoms with van der Waals surface area (Å²) in [6.45, 7) is 1.88. The van der Waals surface area contributed by atoms with Crippen molar-refractivity contribution in [3.8, 4) is 11.3 Å². The van der Waals surface area contributed by atoms with E-state index in [-0.39, 0.29) is 0 Å². The Morgan fingerprint density at radius 3 is 2.60 bits per heavy atom. The van der Waals surface area contributed by atoms with Gasteiger partial charge < -0.3 is 9.80 Å². The summed E-state index contributed by atoms with van der Waals surface area (Å²) < 4.78 is 0. The van der Waals surface area contributed by atoms with Gasteiger partial charge in [-0.15, -0.1) is 5.10 Å². The highest BCUT2D eigenvalue weighted by atomic mass is 15.3. The predicted molar refractivity (Wildman–Crippen MR) is 121 cm³/mol. The van der Waals surface area contributed by atoms with Crippen molar-refractivity contribution < 1.29 is 0 Å². The van der Waals surface area contributed by atoms with E-state index in [2.05, 4.69) is 63.4 Å². The van der Waals surface area contributed by atoms with Gasteiger partial charge in [0.2, 0.25) is 5.95 Å². The van der Waals surface area contributed by atoms with Crippen LogP contribution < -0.4 is 9.80 Å². The molecule has 1 unspecified atom stereocenters. The molecule has 6 heteroatoms. The minimum Gasteiger partial charge on any atom is -0.353 e. The molecule has 0 amide bonds. The Labute approximate surface area is 176 Å². The second-order valence-corrected chi connectivity index (χ2v) is 7.69. The zero-order valence-corrected chi connectivity index (χ0v) is 17.0. The van der Waals surface area contributed by atoms with Crippen molar-refractivity contribution in [1.82, 2.24) is 20.2 Å². The van der Waals surface area contributed by atoms with Crippen LogP contribution in [0.3, 0.4) is 0 Å². The van der Waals surface area contributed by atoms with Crippen LogP contribution >= 0.6 is 0 Å². The molecular weight excluding hydrogens is 372 g/mol. The minimum atomic E-state index is 0.311. The molecule has 4 aromatic rings. The maximum atomic E-state index is 5.01. The van der Waals surface area contributed by atoms with Crippen molar-refractivity contribution in [2.45, 2.75) is 18.9 Å². The smallest absolute Gasteiger partial charge is 0.226 e. The third-order valence-electron chi connectivity index (χ3n) is 5.78. The summed E-state index contributed by atoms with van der Waals surface area (Å²) >= 11 is 0. The number of benzene rings is 2. The Morgan fingerprint density at radius 1 is 0.933 bits per heavy atom. The van der Waals surface area contributed by atoms with E-state index in [0.717, 1.165) is 59.9 Å². The van der Waals surface area contributed by atoms with Crippen LogP contribution in [-0.2, 0) is 0 Å². The number of para-hydroxylation sites is 1. The topological polar surface area (TPSA) is 58.0 Å². The molecule has 1 aliphatic heterocycles. The molecule has 1 saturated heterocycles. The fourth-order valence-electron chi connectivity index (χ4n) is 4.14. The second-order valence-electron chi connectivity index (χ2n) is 7.69. The largest absolute Gasteiger partial charge is 0.353 e. The van der Waals surface area contributed by atoms with E-state index in [9.17, 15) is 0 Å². The van der Waals surface area contributed by atoms with Crippen LogP contribution in [0.1, 0.15) is 12.8 Å². The molecule has 0 bridgehead atoms. The quantitative estimate of drug-likeness (QED) is 0.515. The van der Waals surface area contributed by atoms with E-state index in [1.165, 1.54) is 0 Å². The molecular formula is C24H24N6. The highest BCUT2D eigenvalue weighted by molar-refractivity contribution is 5.93. The van der Waals surface area contributed by atoms with Gasteiger partial charge in [0, 0.05) is 43.3 Å². The number of fused-ring (bicyclic) bond motifs is 1. The molecule has 0 N–H and O–H groups in total. The molecule has 1 fully saturated rings. The van der Waals surface area contributed by atoms with Crippen LogP contribution in [0.4, 0.5) is 11.8 Å². The Hall–Kier alpha value is -3.54. The van der Waals surface area contributed by atoms with Crippen LogP contribution in [0.2, 0.25) is 0 Å². The third-order valence-corrected chi connectivity index (χ3v) is 5.78. The van der Waals surface area contributed by atoms with Crippen LogP contribution in [0.25, 0.3) is 22.2 Å². The number of aromatic nitrogens is 4. The van der Waals surface area contributed by atoms with E-state index in [4.69, 9.17) is 9.97 Å². The Balaban J connectivity index is 1.50. The maximum Gasteiger partial charge on any atom is 0.226 e. The fraction of sp³-hybridized carbons (Fsp3) is 0.250. The van der Waals surface area contributed by atoms with E-state index in [1.807, 2.05) is 30.3 Å². The first-order valence-corrected chi connectivity index (χ1v) is 10.4. The van der Waals surface area contributed by atoms with Crippen LogP contribution in [-0.4, -0.2) is 46.3 Å². The summed E-state index contributed by atoms with van der Waals surface area (Å²) in [7, 11) is 2.10. The van der Waals surface area contributed by atoms with Crippen molar-refractivity contribution in [2.75, 3.05) is 29.9 Å². The maximum absolute atomic E-state index is 5.01. The van der Waals surface area contributed by atoms with Crippen LogP contribution in [0.5, 0.6) is 0 Å². The van der Waals surface area contributed by atoms with Gasteiger partial charge in [-0.05, 0) is 31.0 Å². The van der Waals surface area contributed by atoms with Crippen molar-refractivity contribution in [1.29, 1.82) is 0 Å². The standard InChI is InChI=1S/C24H24N6/c1-29(19-11-8-16-30(17-19)22-14-7-15-25-28-22)24-26-21-13-6-5-12-20(21)23(27-24)18-9-3-2-4-10-18/h2-7,9-10,12-15,19H,8,11,16-17H2,1H3. The second kappa shape index (κ2) is 8.06. The molecule has 3 heterocycles. The van der Waals surface area contributed by atoms with Crippen molar-refractivity contribution in [3.63, 3.8) is 0 Å². The first-order valence-electron chi connectivity index (χ1n) is 10.4. The Kier molecular flexibility index (Phi) is 4.97. The summed E-state index contributed by atoms with van der Waals surface area (Å²) in [5.74, 6) is 1.69. The first kappa shape index (κ1) is 18.5. The van der Waals surface area contributed by atoms with Gasteiger partial charge in [0.25, 0.3) is 0 Å². The molecule has 5 rings (SSSR count). The molecule has 1 aliphatic rings. The number of hydrogen-bond donors (Lipinski definition) is 0. The van der Waals surface area contributed by atoms with E-state index in [1.54, 1.807) is 6.20 Å².